The third kappa shape index (κ3) is 4.63. The number of benzene rings is 1. The molecule has 0 radical (unpaired) electrons. The quantitative estimate of drug-likeness (QED) is 0.318. The molecule has 0 aliphatic carbocycles. The number of halogens is 1. The van der Waals surface area contributed by atoms with Crippen molar-refractivity contribution in [1.82, 2.24) is 14.8 Å². The van der Waals surface area contributed by atoms with Crippen molar-refractivity contribution < 1.29 is 4.79 Å². The standard InChI is InChI=1S/C22H17N3OS.ClH/c26-20(18-10-12-23-13-11-18)9-8-19-16-25(15-17-5-2-1-3-6-17)24-22(19)21-7-4-14-27-21;/h1-14,16H,15H2;1H. The Morgan fingerprint density at radius 1 is 1.04 bits per heavy atom. The van der Waals surface area contributed by atoms with Gasteiger partial charge in [-0.05, 0) is 41.3 Å². The topological polar surface area (TPSA) is 47.8 Å². The van der Waals surface area contributed by atoms with E-state index in [4.69, 9.17) is 5.10 Å². The molecule has 0 saturated carbocycles. The number of hydrogen-bond acceptors (Lipinski definition) is 4. The van der Waals surface area contributed by atoms with Gasteiger partial charge in [0.1, 0.15) is 5.69 Å². The molecular formula is C22H18ClN3OS. The summed E-state index contributed by atoms with van der Waals surface area (Å²) in [5, 5.41) is 6.78. The highest BCUT2D eigenvalue weighted by Gasteiger charge is 2.11. The largest absolute Gasteiger partial charge is 0.289 e. The lowest BCUT2D eigenvalue weighted by Gasteiger charge is -2.00. The van der Waals surface area contributed by atoms with Crippen LogP contribution in [0.3, 0.4) is 0 Å². The molecule has 3 aromatic heterocycles. The molecule has 0 N–H and O–H groups in total. The van der Waals surface area contributed by atoms with Crippen LogP contribution in [0.2, 0.25) is 0 Å². The van der Waals surface area contributed by atoms with Crippen molar-refractivity contribution in [3.63, 3.8) is 0 Å². The third-order valence-electron chi connectivity index (χ3n) is 4.11. The fourth-order valence-electron chi connectivity index (χ4n) is 2.79. The normalized spacial score (nSPS) is 10.7. The van der Waals surface area contributed by atoms with Crippen molar-refractivity contribution in [2.75, 3.05) is 0 Å². The van der Waals surface area contributed by atoms with Gasteiger partial charge in [0.2, 0.25) is 0 Å². The first-order valence-corrected chi connectivity index (χ1v) is 9.45. The minimum absolute atomic E-state index is 0. The Morgan fingerprint density at radius 2 is 1.82 bits per heavy atom. The number of hydrogen-bond donors (Lipinski definition) is 0. The van der Waals surface area contributed by atoms with E-state index < -0.39 is 0 Å². The number of aromatic nitrogens is 3. The highest BCUT2D eigenvalue weighted by molar-refractivity contribution is 7.13. The average Bonchev–Trinajstić information content (AvgIpc) is 3.37. The number of rotatable bonds is 6. The minimum Gasteiger partial charge on any atom is -0.289 e. The van der Waals surface area contributed by atoms with Gasteiger partial charge in [0.25, 0.3) is 0 Å². The van der Waals surface area contributed by atoms with Crippen LogP contribution in [-0.2, 0) is 6.54 Å². The van der Waals surface area contributed by atoms with Gasteiger partial charge in [-0.25, -0.2) is 0 Å². The lowest BCUT2D eigenvalue weighted by molar-refractivity contribution is 0.104. The zero-order chi connectivity index (χ0) is 18.5. The molecule has 140 valence electrons. The van der Waals surface area contributed by atoms with Gasteiger partial charge < -0.3 is 0 Å². The zero-order valence-corrected chi connectivity index (χ0v) is 16.6. The van der Waals surface area contributed by atoms with Crippen molar-refractivity contribution in [3.8, 4) is 10.6 Å². The number of thiophene rings is 1. The monoisotopic (exact) mass is 407 g/mol. The summed E-state index contributed by atoms with van der Waals surface area (Å²) in [5.74, 6) is -0.0506. The molecule has 4 rings (SSSR count). The van der Waals surface area contributed by atoms with Crippen LogP contribution in [0, 0.1) is 0 Å². The fraction of sp³-hybridized carbons (Fsp3) is 0.0455. The molecule has 0 aliphatic heterocycles. The number of carbonyl (C=O) groups excluding carboxylic acids is 1. The van der Waals surface area contributed by atoms with E-state index >= 15 is 0 Å². The van der Waals surface area contributed by atoms with Crippen molar-refractivity contribution in [3.05, 3.63) is 101 Å². The van der Waals surface area contributed by atoms with Crippen LogP contribution in [-0.4, -0.2) is 20.5 Å². The van der Waals surface area contributed by atoms with E-state index in [2.05, 4.69) is 17.1 Å². The minimum atomic E-state index is -0.0506. The predicted molar refractivity (Wildman–Crippen MR) is 116 cm³/mol. The average molecular weight is 408 g/mol. The molecule has 0 unspecified atom stereocenters. The summed E-state index contributed by atoms with van der Waals surface area (Å²) in [5.41, 5.74) is 3.62. The molecule has 0 aliphatic rings. The number of carbonyl (C=O) groups is 1. The Morgan fingerprint density at radius 3 is 2.54 bits per heavy atom. The van der Waals surface area contributed by atoms with Crippen LogP contribution < -0.4 is 0 Å². The molecule has 6 heteroatoms. The van der Waals surface area contributed by atoms with E-state index in [1.165, 1.54) is 5.56 Å². The molecule has 0 saturated heterocycles. The van der Waals surface area contributed by atoms with E-state index in [1.807, 2.05) is 52.7 Å². The van der Waals surface area contributed by atoms with Crippen LogP contribution in [0.25, 0.3) is 16.6 Å². The summed E-state index contributed by atoms with van der Waals surface area (Å²) in [7, 11) is 0. The number of ketones is 1. The molecule has 4 aromatic rings. The van der Waals surface area contributed by atoms with Gasteiger partial charge in [-0.1, -0.05) is 36.4 Å². The second-order valence-electron chi connectivity index (χ2n) is 6.03. The van der Waals surface area contributed by atoms with Crippen molar-refractivity contribution >= 4 is 35.6 Å². The molecule has 28 heavy (non-hydrogen) atoms. The SMILES string of the molecule is Cl.O=C(C=Cc1cn(Cc2ccccc2)nc1-c1cccs1)c1ccncc1. The van der Waals surface area contributed by atoms with Gasteiger partial charge >= 0.3 is 0 Å². The van der Waals surface area contributed by atoms with E-state index in [1.54, 1.807) is 41.9 Å². The molecular weight excluding hydrogens is 390 g/mol. The fourth-order valence-corrected chi connectivity index (χ4v) is 3.52. The molecule has 0 spiro atoms. The summed E-state index contributed by atoms with van der Waals surface area (Å²) in [6.07, 6.45) is 8.66. The maximum absolute atomic E-state index is 12.4. The summed E-state index contributed by atoms with van der Waals surface area (Å²) in [4.78, 5) is 17.4. The Kier molecular flexibility index (Phi) is 6.53. The van der Waals surface area contributed by atoms with E-state index in [9.17, 15) is 4.79 Å². The summed E-state index contributed by atoms with van der Waals surface area (Å²) >= 11 is 1.64. The smallest absolute Gasteiger partial charge is 0.185 e. The first-order chi connectivity index (χ1) is 13.3. The Hall–Kier alpha value is -3.02. The zero-order valence-electron chi connectivity index (χ0n) is 14.9. The van der Waals surface area contributed by atoms with Gasteiger partial charge in [0, 0.05) is 29.7 Å². The van der Waals surface area contributed by atoms with E-state index in [0.717, 1.165) is 16.1 Å². The van der Waals surface area contributed by atoms with Crippen LogP contribution in [0.4, 0.5) is 0 Å². The molecule has 0 bridgehead atoms. The maximum atomic E-state index is 12.4. The highest BCUT2D eigenvalue weighted by atomic mass is 35.5. The molecule has 1 aromatic carbocycles. The van der Waals surface area contributed by atoms with E-state index in [-0.39, 0.29) is 18.2 Å². The van der Waals surface area contributed by atoms with Gasteiger partial charge in [-0.15, -0.1) is 23.7 Å². The number of pyridine rings is 1. The van der Waals surface area contributed by atoms with Gasteiger partial charge in [0.05, 0.1) is 11.4 Å². The summed E-state index contributed by atoms with van der Waals surface area (Å²) in [6.45, 7) is 0.686. The van der Waals surface area contributed by atoms with Crippen molar-refractivity contribution in [2.24, 2.45) is 0 Å². The van der Waals surface area contributed by atoms with Crippen LogP contribution in [0.1, 0.15) is 21.5 Å². The Bertz CT molecular complexity index is 1060. The summed E-state index contributed by atoms with van der Waals surface area (Å²) < 4.78 is 1.92. The van der Waals surface area contributed by atoms with Crippen molar-refractivity contribution in [2.45, 2.75) is 6.54 Å². The molecule has 3 heterocycles. The van der Waals surface area contributed by atoms with Crippen LogP contribution >= 0.6 is 23.7 Å². The number of nitrogens with zero attached hydrogens (tertiary/aromatic N) is 3. The third-order valence-corrected chi connectivity index (χ3v) is 4.99. The Labute approximate surface area is 173 Å². The second kappa shape index (κ2) is 9.26. The highest BCUT2D eigenvalue weighted by Crippen LogP contribution is 2.28. The molecule has 0 atom stereocenters. The second-order valence-corrected chi connectivity index (χ2v) is 6.97. The van der Waals surface area contributed by atoms with Crippen molar-refractivity contribution in [1.29, 1.82) is 0 Å². The first kappa shape index (κ1) is 19.7. The molecule has 0 amide bonds. The van der Waals surface area contributed by atoms with Gasteiger partial charge in [-0.2, -0.15) is 5.10 Å². The first-order valence-electron chi connectivity index (χ1n) is 8.57. The van der Waals surface area contributed by atoms with Crippen LogP contribution in [0.15, 0.2) is 84.6 Å². The molecule has 4 nitrogen and oxygen atoms in total. The Balaban J connectivity index is 0.00000225. The molecule has 0 fully saturated rings. The van der Waals surface area contributed by atoms with Gasteiger partial charge in [0.15, 0.2) is 5.78 Å². The summed E-state index contributed by atoms with van der Waals surface area (Å²) in [6, 6.07) is 17.7. The maximum Gasteiger partial charge on any atom is 0.185 e. The lowest BCUT2D eigenvalue weighted by atomic mass is 10.1. The number of allylic oxidation sites excluding steroid dienone is 1. The van der Waals surface area contributed by atoms with Gasteiger partial charge in [-0.3, -0.25) is 14.5 Å². The lowest BCUT2D eigenvalue weighted by Crippen LogP contribution is -1.99. The van der Waals surface area contributed by atoms with Crippen LogP contribution in [0.5, 0.6) is 0 Å². The predicted octanol–water partition coefficient (Wildman–Crippen LogP) is 5.37. The van der Waals surface area contributed by atoms with E-state index in [0.29, 0.717) is 12.1 Å².